The topological polar surface area (TPSA) is 26.3 Å². The smallest absolute Gasteiger partial charge is 0.297 e. The molecule has 1 aromatic heterocycles. The third kappa shape index (κ3) is 4.88. The molecule has 0 amide bonds. The average Bonchev–Trinajstić information content (AvgIpc) is 2.30. The zero-order valence-electron chi connectivity index (χ0n) is 9.24. The van der Waals surface area contributed by atoms with Gasteiger partial charge in [0, 0.05) is 0 Å². The molecule has 0 aliphatic rings. The summed E-state index contributed by atoms with van der Waals surface area (Å²) < 4.78 is 5.22. The van der Waals surface area contributed by atoms with Crippen molar-refractivity contribution >= 4 is 14.0 Å². The van der Waals surface area contributed by atoms with E-state index < -0.39 is 8.40 Å². The van der Waals surface area contributed by atoms with Gasteiger partial charge < -0.3 is 4.74 Å². The van der Waals surface area contributed by atoms with Crippen molar-refractivity contribution in [3.05, 3.63) is 29.6 Å². The highest BCUT2D eigenvalue weighted by Gasteiger charge is 2.05. The van der Waals surface area contributed by atoms with Crippen LogP contribution in [-0.4, -0.2) is 20.6 Å². The second-order valence-electron chi connectivity index (χ2n) is 3.56. The van der Waals surface area contributed by atoms with Crippen molar-refractivity contribution in [1.29, 1.82) is 0 Å². The summed E-state index contributed by atoms with van der Waals surface area (Å²) in [5, 5.41) is 0. The molecule has 0 spiro atoms. The maximum Gasteiger partial charge on any atom is 0.297 e. The molecule has 0 atom stereocenters. The maximum absolute atomic E-state index is 11.5. The Balaban J connectivity index is 2.20. The quantitative estimate of drug-likeness (QED) is 0.545. The van der Waals surface area contributed by atoms with E-state index in [4.69, 9.17) is 4.74 Å². The van der Waals surface area contributed by atoms with Crippen LogP contribution in [0, 0.1) is 0 Å². The molecule has 3 heteroatoms. The van der Waals surface area contributed by atoms with Gasteiger partial charge in [0.2, 0.25) is 0 Å². The number of unbranched alkanes of at least 4 members (excludes halogenated alkanes) is 3. The number of ether oxygens (including phenoxy) is 1. The van der Waals surface area contributed by atoms with E-state index in [9.17, 15) is 4.79 Å². The first-order chi connectivity index (χ1) is 7.34. The van der Waals surface area contributed by atoms with Crippen LogP contribution in [0.15, 0.2) is 29.6 Å². The van der Waals surface area contributed by atoms with Gasteiger partial charge in [0.05, 0.1) is 6.61 Å². The summed E-state index contributed by atoms with van der Waals surface area (Å²) in [5.41, 5.74) is 3.88. The first-order valence-electron chi connectivity index (χ1n) is 5.56. The Kier molecular flexibility index (Phi) is 5.93. The summed E-state index contributed by atoms with van der Waals surface area (Å²) >= 11 is 0. The highest BCUT2D eigenvalue weighted by molar-refractivity contribution is 6.81. The second-order valence-corrected chi connectivity index (χ2v) is 5.55. The third-order valence-corrected chi connectivity index (χ3v) is 3.96. The number of carbonyl (C=O) groups is 1. The van der Waals surface area contributed by atoms with Gasteiger partial charge in [0.15, 0.2) is 8.40 Å². The van der Waals surface area contributed by atoms with E-state index in [0.717, 1.165) is 12.8 Å². The second kappa shape index (κ2) is 7.34. The van der Waals surface area contributed by atoms with Gasteiger partial charge in [0.1, 0.15) is 0 Å². The van der Waals surface area contributed by atoms with Gasteiger partial charge in [-0.2, -0.15) is 0 Å². The van der Waals surface area contributed by atoms with Crippen LogP contribution in [-0.2, 0) is 4.74 Å². The first-order valence-corrected chi connectivity index (χ1v) is 7.22. The van der Waals surface area contributed by atoms with Crippen LogP contribution >= 0.6 is 0 Å². The van der Waals surface area contributed by atoms with Gasteiger partial charge in [-0.25, -0.2) is 0 Å². The van der Waals surface area contributed by atoms with Crippen molar-refractivity contribution in [3.8, 4) is 0 Å². The monoisotopic (exact) mass is 222 g/mol. The van der Waals surface area contributed by atoms with E-state index in [1.165, 1.54) is 12.8 Å². The summed E-state index contributed by atoms with van der Waals surface area (Å²) in [5.74, 6) is 0. The van der Waals surface area contributed by atoms with Crippen molar-refractivity contribution in [1.82, 2.24) is 0 Å². The van der Waals surface area contributed by atoms with Crippen LogP contribution in [0.25, 0.3) is 0 Å². The molecule has 0 bridgehead atoms. The lowest BCUT2D eigenvalue weighted by Crippen LogP contribution is -2.15. The average molecular weight is 222 g/mol. The Morgan fingerprint density at radius 1 is 1.13 bits per heavy atom. The molecule has 1 rings (SSSR count). The summed E-state index contributed by atoms with van der Waals surface area (Å²) in [7, 11) is -1.17. The summed E-state index contributed by atoms with van der Waals surface area (Å²) in [6.45, 7) is 2.75. The molecule has 1 heterocycles. The Hall–Kier alpha value is -0.963. The predicted molar refractivity (Wildman–Crippen MR) is 63.3 cm³/mol. The van der Waals surface area contributed by atoms with E-state index in [0.29, 0.717) is 6.61 Å². The Morgan fingerprint density at radius 2 is 1.87 bits per heavy atom. The van der Waals surface area contributed by atoms with Crippen LogP contribution in [0.5, 0.6) is 0 Å². The van der Waals surface area contributed by atoms with E-state index in [-0.39, 0.29) is 5.59 Å². The van der Waals surface area contributed by atoms with Gasteiger partial charge in [-0.05, 0) is 6.42 Å². The Morgan fingerprint density at radius 3 is 2.53 bits per heavy atom. The van der Waals surface area contributed by atoms with Gasteiger partial charge in [0.25, 0.3) is 5.59 Å². The van der Waals surface area contributed by atoms with E-state index in [1.807, 2.05) is 29.6 Å². The van der Waals surface area contributed by atoms with Crippen molar-refractivity contribution in [2.24, 2.45) is 0 Å². The van der Waals surface area contributed by atoms with Crippen LogP contribution in [0.2, 0.25) is 0 Å². The van der Waals surface area contributed by atoms with Gasteiger partial charge in [-0.15, -0.1) is 0 Å². The van der Waals surface area contributed by atoms with Crippen LogP contribution in [0.1, 0.15) is 32.6 Å². The predicted octanol–water partition coefficient (Wildman–Crippen LogP) is 3.28. The number of carbonyl (C=O) groups excluding carboxylic acids is 1. The molecule has 0 radical (unpaired) electrons. The molecule has 0 aliphatic heterocycles. The molecule has 0 N–H and O–H groups in total. The fraction of sp³-hybridized carbons (Fsp3) is 0.500. The van der Waals surface area contributed by atoms with Crippen molar-refractivity contribution < 1.29 is 9.53 Å². The minimum Gasteiger partial charge on any atom is -0.467 e. The Labute approximate surface area is 92.8 Å². The third-order valence-electron chi connectivity index (χ3n) is 2.24. The zero-order valence-corrected chi connectivity index (χ0v) is 10.2. The highest BCUT2D eigenvalue weighted by atomic mass is 28.2. The molecule has 0 aliphatic carbocycles. The lowest BCUT2D eigenvalue weighted by Gasteiger charge is -2.03. The lowest BCUT2D eigenvalue weighted by molar-refractivity contribution is 0.170. The molecular weight excluding hydrogens is 204 g/mol. The van der Waals surface area contributed by atoms with E-state index in [1.54, 1.807) is 0 Å². The lowest BCUT2D eigenvalue weighted by atomic mass is 10.2. The number of rotatable bonds is 6. The van der Waals surface area contributed by atoms with Crippen LogP contribution < -0.4 is 0 Å². The van der Waals surface area contributed by atoms with Crippen LogP contribution in [0.4, 0.5) is 4.79 Å². The standard InChI is InChI=1S/C12H18O2Si/c1-2-3-4-6-9-14-12(13)15-10-7-5-8-11-15/h5,7-8,10-11H,2-4,6,9H2,1H3. The summed E-state index contributed by atoms with van der Waals surface area (Å²) in [6.07, 6.45) is 4.59. The zero-order chi connectivity index (χ0) is 10.9. The van der Waals surface area contributed by atoms with Crippen molar-refractivity contribution in [2.45, 2.75) is 32.6 Å². The molecular formula is C12H18O2Si. The van der Waals surface area contributed by atoms with Crippen molar-refractivity contribution in [2.75, 3.05) is 6.61 Å². The number of hydrogen-bond donors (Lipinski definition) is 0. The first kappa shape index (κ1) is 12.1. The fourth-order valence-corrected chi connectivity index (χ4v) is 2.64. The van der Waals surface area contributed by atoms with Crippen LogP contribution in [0.3, 0.4) is 0 Å². The molecule has 2 nitrogen and oxygen atoms in total. The van der Waals surface area contributed by atoms with Crippen molar-refractivity contribution in [3.63, 3.8) is 0 Å². The molecule has 0 fully saturated rings. The fourth-order valence-electron chi connectivity index (χ4n) is 1.35. The van der Waals surface area contributed by atoms with Gasteiger partial charge in [-0.3, -0.25) is 4.79 Å². The molecule has 0 saturated carbocycles. The molecule has 15 heavy (non-hydrogen) atoms. The minimum atomic E-state index is -1.17. The van der Waals surface area contributed by atoms with Gasteiger partial charge >= 0.3 is 0 Å². The maximum atomic E-state index is 11.5. The van der Waals surface area contributed by atoms with E-state index >= 15 is 0 Å². The SMILES string of the molecule is CCCCCCOC(=O)[si]1ccccc1. The summed E-state index contributed by atoms with van der Waals surface area (Å²) in [6, 6.07) is 5.78. The molecule has 0 aromatic carbocycles. The molecule has 0 unspecified atom stereocenters. The normalized spacial score (nSPS) is 9.93. The largest absolute Gasteiger partial charge is 0.467 e. The summed E-state index contributed by atoms with van der Waals surface area (Å²) in [4.78, 5) is 11.5. The Bertz CT molecular complexity index is 285. The van der Waals surface area contributed by atoms with E-state index in [2.05, 4.69) is 6.92 Å². The number of hydrogen-bond acceptors (Lipinski definition) is 2. The van der Waals surface area contributed by atoms with Gasteiger partial charge in [-0.1, -0.05) is 55.7 Å². The molecule has 0 saturated heterocycles. The highest BCUT2D eigenvalue weighted by Crippen LogP contribution is 1.99. The molecule has 82 valence electrons. The molecule has 1 aromatic rings. The minimum absolute atomic E-state index is 0.0305.